The SMILES string of the molecule is CCC(CCc1ccc(Cl)cc1)(Cc1cccc(C)n1)C(=O)O. The van der Waals surface area contributed by atoms with Crippen LogP contribution in [0, 0.1) is 12.3 Å². The van der Waals surface area contributed by atoms with Crippen molar-refractivity contribution in [2.24, 2.45) is 5.41 Å². The van der Waals surface area contributed by atoms with E-state index in [0.29, 0.717) is 30.7 Å². The zero-order valence-electron chi connectivity index (χ0n) is 13.6. The molecule has 0 aliphatic carbocycles. The summed E-state index contributed by atoms with van der Waals surface area (Å²) in [5.74, 6) is -0.753. The van der Waals surface area contributed by atoms with Crippen LogP contribution in [0.1, 0.15) is 36.7 Å². The van der Waals surface area contributed by atoms with Gasteiger partial charge in [-0.25, -0.2) is 0 Å². The summed E-state index contributed by atoms with van der Waals surface area (Å²) in [6.07, 6.45) is 2.32. The van der Waals surface area contributed by atoms with Crippen LogP contribution in [0.2, 0.25) is 5.02 Å². The third kappa shape index (κ3) is 4.55. The van der Waals surface area contributed by atoms with Crippen molar-refractivity contribution >= 4 is 17.6 Å². The van der Waals surface area contributed by atoms with Gasteiger partial charge in [0.05, 0.1) is 5.41 Å². The van der Waals surface area contributed by atoms with Gasteiger partial charge < -0.3 is 5.11 Å². The van der Waals surface area contributed by atoms with Crippen molar-refractivity contribution in [3.63, 3.8) is 0 Å². The van der Waals surface area contributed by atoms with Crippen LogP contribution in [0.5, 0.6) is 0 Å². The number of hydrogen-bond acceptors (Lipinski definition) is 2. The van der Waals surface area contributed by atoms with Crippen LogP contribution in [0.15, 0.2) is 42.5 Å². The van der Waals surface area contributed by atoms with E-state index in [1.165, 1.54) is 0 Å². The maximum absolute atomic E-state index is 12.0. The van der Waals surface area contributed by atoms with E-state index < -0.39 is 11.4 Å². The highest BCUT2D eigenvalue weighted by atomic mass is 35.5. The summed E-state index contributed by atoms with van der Waals surface area (Å²) >= 11 is 5.90. The summed E-state index contributed by atoms with van der Waals surface area (Å²) in [6, 6.07) is 13.3. The zero-order valence-corrected chi connectivity index (χ0v) is 14.3. The lowest BCUT2D eigenvalue weighted by Crippen LogP contribution is -2.33. The van der Waals surface area contributed by atoms with Gasteiger partial charge in [-0.15, -0.1) is 0 Å². The number of carbonyl (C=O) groups is 1. The molecule has 1 heterocycles. The van der Waals surface area contributed by atoms with Crippen molar-refractivity contribution < 1.29 is 9.90 Å². The van der Waals surface area contributed by atoms with Gasteiger partial charge in [0.25, 0.3) is 0 Å². The Morgan fingerprint density at radius 1 is 1.22 bits per heavy atom. The van der Waals surface area contributed by atoms with E-state index >= 15 is 0 Å². The normalized spacial score (nSPS) is 13.5. The minimum atomic E-state index is -0.791. The zero-order chi connectivity index (χ0) is 16.9. The molecule has 3 nitrogen and oxygen atoms in total. The van der Waals surface area contributed by atoms with Crippen molar-refractivity contribution in [3.8, 4) is 0 Å². The molecule has 0 amide bonds. The van der Waals surface area contributed by atoms with Crippen molar-refractivity contribution in [2.75, 3.05) is 0 Å². The standard InChI is InChI=1S/C19H22ClNO2/c1-3-19(18(22)23,13-17-6-4-5-14(2)21-17)12-11-15-7-9-16(20)10-8-15/h4-10H,3,11-13H2,1-2H3,(H,22,23). The topological polar surface area (TPSA) is 50.2 Å². The summed E-state index contributed by atoms with van der Waals surface area (Å²) in [5, 5.41) is 10.5. The Morgan fingerprint density at radius 3 is 2.48 bits per heavy atom. The van der Waals surface area contributed by atoms with Crippen molar-refractivity contribution in [3.05, 3.63) is 64.4 Å². The summed E-state index contributed by atoms with van der Waals surface area (Å²) < 4.78 is 0. The molecule has 0 bridgehead atoms. The van der Waals surface area contributed by atoms with E-state index in [1.807, 2.05) is 56.3 Å². The summed E-state index contributed by atoms with van der Waals surface area (Å²) in [7, 11) is 0. The molecule has 2 rings (SSSR count). The number of benzene rings is 1. The second-order valence-corrected chi connectivity index (χ2v) is 6.45. The molecular formula is C19H22ClNO2. The maximum Gasteiger partial charge on any atom is 0.310 e. The van der Waals surface area contributed by atoms with Crippen LogP contribution in [0.25, 0.3) is 0 Å². The summed E-state index contributed by atoms with van der Waals surface area (Å²) in [5.41, 5.74) is 2.06. The third-order valence-electron chi connectivity index (χ3n) is 4.40. The van der Waals surface area contributed by atoms with Crippen LogP contribution in [0.4, 0.5) is 0 Å². The largest absolute Gasteiger partial charge is 0.481 e. The number of pyridine rings is 1. The average molecular weight is 332 g/mol. The van der Waals surface area contributed by atoms with Crippen LogP contribution >= 0.6 is 11.6 Å². The quantitative estimate of drug-likeness (QED) is 0.800. The first-order chi connectivity index (χ1) is 10.9. The predicted octanol–water partition coefficient (Wildman–Crippen LogP) is 4.70. The van der Waals surface area contributed by atoms with Gasteiger partial charge in [-0.05, 0) is 56.0 Å². The van der Waals surface area contributed by atoms with Gasteiger partial charge in [-0.3, -0.25) is 9.78 Å². The lowest BCUT2D eigenvalue weighted by molar-refractivity contribution is -0.149. The number of nitrogens with zero attached hydrogens (tertiary/aromatic N) is 1. The van der Waals surface area contributed by atoms with Gasteiger partial charge in [0.15, 0.2) is 0 Å². The van der Waals surface area contributed by atoms with Crippen molar-refractivity contribution in [2.45, 2.75) is 39.5 Å². The highest BCUT2D eigenvalue weighted by Crippen LogP contribution is 2.33. The van der Waals surface area contributed by atoms with Crippen LogP contribution in [0.3, 0.4) is 0 Å². The molecule has 0 aliphatic heterocycles. The fraction of sp³-hybridized carbons (Fsp3) is 0.368. The van der Waals surface area contributed by atoms with Gasteiger partial charge >= 0.3 is 5.97 Å². The first kappa shape index (κ1) is 17.5. The van der Waals surface area contributed by atoms with Crippen molar-refractivity contribution in [1.29, 1.82) is 0 Å². The number of carboxylic acid groups (broad SMARTS) is 1. The molecule has 4 heteroatoms. The van der Waals surface area contributed by atoms with Crippen LogP contribution in [-0.4, -0.2) is 16.1 Å². The molecule has 0 saturated carbocycles. The van der Waals surface area contributed by atoms with Crippen LogP contribution in [-0.2, 0) is 17.6 Å². The molecule has 2 aromatic rings. The van der Waals surface area contributed by atoms with Crippen molar-refractivity contribution in [1.82, 2.24) is 4.98 Å². The average Bonchev–Trinajstić information content (AvgIpc) is 2.53. The molecule has 1 atom stereocenters. The summed E-state index contributed by atoms with van der Waals surface area (Å²) in [4.78, 5) is 16.4. The molecule has 1 aromatic carbocycles. The molecule has 23 heavy (non-hydrogen) atoms. The summed E-state index contributed by atoms with van der Waals surface area (Å²) in [6.45, 7) is 3.86. The molecule has 0 fully saturated rings. The van der Waals surface area contributed by atoms with Gasteiger partial charge in [0.2, 0.25) is 0 Å². The minimum absolute atomic E-state index is 0.452. The second kappa shape index (κ2) is 7.60. The van der Waals surface area contributed by atoms with E-state index in [1.54, 1.807) is 0 Å². The van der Waals surface area contributed by atoms with E-state index in [2.05, 4.69) is 4.98 Å². The first-order valence-electron chi connectivity index (χ1n) is 7.85. The molecule has 1 unspecified atom stereocenters. The highest BCUT2D eigenvalue weighted by Gasteiger charge is 2.36. The number of rotatable bonds is 7. The lowest BCUT2D eigenvalue weighted by atomic mass is 9.76. The number of aliphatic carboxylic acids is 1. The molecule has 0 aliphatic rings. The fourth-order valence-electron chi connectivity index (χ4n) is 2.80. The van der Waals surface area contributed by atoms with Gasteiger partial charge in [-0.1, -0.05) is 36.7 Å². The maximum atomic E-state index is 12.0. The van der Waals surface area contributed by atoms with E-state index in [4.69, 9.17) is 11.6 Å². The molecule has 0 saturated heterocycles. The Labute approximate surface area is 142 Å². The Bertz CT molecular complexity index is 669. The molecule has 0 radical (unpaired) electrons. The lowest BCUT2D eigenvalue weighted by Gasteiger charge is -2.28. The Hall–Kier alpha value is -1.87. The highest BCUT2D eigenvalue weighted by molar-refractivity contribution is 6.30. The Balaban J connectivity index is 2.17. The number of hydrogen-bond donors (Lipinski definition) is 1. The number of carboxylic acids is 1. The Kier molecular flexibility index (Phi) is 5.78. The van der Waals surface area contributed by atoms with Gasteiger partial charge in [-0.2, -0.15) is 0 Å². The molecular weight excluding hydrogens is 310 g/mol. The molecule has 122 valence electrons. The third-order valence-corrected chi connectivity index (χ3v) is 4.65. The second-order valence-electron chi connectivity index (χ2n) is 6.01. The smallest absolute Gasteiger partial charge is 0.310 e. The number of aromatic nitrogens is 1. The van der Waals surface area contributed by atoms with Gasteiger partial charge in [0.1, 0.15) is 0 Å². The van der Waals surface area contributed by atoms with Crippen LogP contribution < -0.4 is 0 Å². The Morgan fingerprint density at radius 2 is 1.91 bits per heavy atom. The molecule has 1 N–H and O–H groups in total. The van der Waals surface area contributed by atoms with E-state index in [0.717, 1.165) is 17.0 Å². The number of halogens is 1. The van der Waals surface area contributed by atoms with E-state index in [-0.39, 0.29) is 0 Å². The van der Waals surface area contributed by atoms with Gasteiger partial charge in [0, 0.05) is 22.8 Å². The molecule has 1 aromatic heterocycles. The predicted molar refractivity (Wildman–Crippen MR) is 92.8 cm³/mol. The minimum Gasteiger partial charge on any atom is -0.481 e. The molecule has 0 spiro atoms. The van der Waals surface area contributed by atoms with E-state index in [9.17, 15) is 9.90 Å². The number of aryl methyl sites for hydroxylation is 2. The first-order valence-corrected chi connectivity index (χ1v) is 8.23. The monoisotopic (exact) mass is 331 g/mol. The fourth-order valence-corrected chi connectivity index (χ4v) is 2.93.